The van der Waals surface area contributed by atoms with Crippen LogP contribution in [0.4, 0.5) is 5.82 Å². The second-order valence-electron chi connectivity index (χ2n) is 4.61. The van der Waals surface area contributed by atoms with Gasteiger partial charge in [0.1, 0.15) is 11.5 Å². The van der Waals surface area contributed by atoms with E-state index >= 15 is 0 Å². The average Bonchev–Trinajstić information content (AvgIpc) is 3.27. The van der Waals surface area contributed by atoms with Crippen molar-refractivity contribution in [3.05, 3.63) is 33.7 Å². The summed E-state index contributed by atoms with van der Waals surface area (Å²) in [5.41, 5.74) is 2.01. The Morgan fingerprint density at radius 2 is 2.16 bits per heavy atom. The highest BCUT2D eigenvalue weighted by molar-refractivity contribution is 14.1. The number of halogens is 1. The molecule has 0 radical (unpaired) electrons. The standard InChI is InChI=1S/C14H15IN4/c1-2-16-14-11(15)12(9-6-7-9)18-13(19-14)10-5-3-4-8-17-10/h3-5,8-9H,2,6-7H2,1H3,(H,16,18,19). The molecule has 0 amide bonds. The summed E-state index contributed by atoms with van der Waals surface area (Å²) in [6.07, 6.45) is 4.25. The van der Waals surface area contributed by atoms with E-state index in [2.05, 4.69) is 44.8 Å². The molecular weight excluding hydrogens is 351 g/mol. The second kappa shape index (κ2) is 5.40. The van der Waals surface area contributed by atoms with Gasteiger partial charge in [-0.1, -0.05) is 6.07 Å². The fourth-order valence-corrected chi connectivity index (χ4v) is 2.86. The van der Waals surface area contributed by atoms with Gasteiger partial charge in [-0.2, -0.15) is 0 Å². The van der Waals surface area contributed by atoms with Crippen molar-refractivity contribution in [2.24, 2.45) is 0 Å². The zero-order valence-corrected chi connectivity index (χ0v) is 12.9. The first kappa shape index (κ1) is 12.8. The van der Waals surface area contributed by atoms with Crippen LogP contribution in [0.5, 0.6) is 0 Å². The molecule has 0 spiro atoms. The Balaban J connectivity index is 2.09. The van der Waals surface area contributed by atoms with Crippen LogP contribution in [0.25, 0.3) is 11.5 Å². The SMILES string of the molecule is CCNc1nc(-c2ccccn2)nc(C2CC2)c1I. The van der Waals surface area contributed by atoms with Crippen molar-refractivity contribution in [3.8, 4) is 11.5 Å². The smallest absolute Gasteiger partial charge is 0.180 e. The molecular formula is C14H15IN4. The molecule has 98 valence electrons. The maximum atomic E-state index is 4.73. The highest BCUT2D eigenvalue weighted by Crippen LogP contribution is 2.42. The molecule has 0 saturated heterocycles. The van der Waals surface area contributed by atoms with Gasteiger partial charge in [0, 0.05) is 18.7 Å². The number of pyridine rings is 1. The molecule has 0 atom stereocenters. The van der Waals surface area contributed by atoms with Gasteiger partial charge in [0.2, 0.25) is 0 Å². The minimum absolute atomic E-state index is 0.606. The van der Waals surface area contributed by atoms with E-state index in [-0.39, 0.29) is 0 Å². The van der Waals surface area contributed by atoms with Crippen molar-refractivity contribution < 1.29 is 0 Å². The summed E-state index contributed by atoms with van der Waals surface area (Å²) >= 11 is 2.35. The summed E-state index contributed by atoms with van der Waals surface area (Å²) in [4.78, 5) is 13.7. The number of anilines is 1. The fraction of sp³-hybridized carbons (Fsp3) is 0.357. The Kier molecular flexibility index (Phi) is 3.63. The Morgan fingerprint density at radius 3 is 2.79 bits per heavy atom. The van der Waals surface area contributed by atoms with E-state index in [1.807, 2.05) is 18.2 Å². The highest BCUT2D eigenvalue weighted by atomic mass is 127. The lowest BCUT2D eigenvalue weighted by molar-refractivity contribution is 0.966. The van der Waals surface area contributed by atoms with E-state index in [9.17, 15) is 0 Å². The van der Waals surface area contributed by atoms with Crippen LogP contribution in [-0.4, -0.2) is 21.5 Å². The average molecular weight is 366 g/mol. The number of hydrogen-bond acceptors (Lipinski definition) is 4. The van der Waals surface area contributed by atoms with Gasteiger partial charge < -0.3 is 5.32 Å². The van der Waals surface area contributed by atoms with Crippen LogP contribution in [-0.2, 0) is 0 Å². The molecule has 0 bridgehead atoms. The quantitative estimate of drug-likeness (QED) is 0.843. The summed E-state index contributed by atoms with van der Waals surface area (Å²) in [5.74, 6) is 2.26. The van der Waals surface area contributed by atoms with Crippen molar-refractivity contribution in [3.63, 3.8) is 0 Å². The maximum Gasteiger partial charge on any atom is 0.180 e. The molecule has 0 unspecified atom stereocenters. The van der Waals surface area contributed by atoms with Gasteiger partial charge in [-0.3, -0.25) is 4.98 Å². The molecule has 2 aromatic heterocycles. The van der Waals surface area contributed by atoms with Gasteiger partial charge in [-0.15, -0.1) is 0 Å². The maximum absolute atomic E-state index is 4.73. The first-order valence-electron chi connectivity index (χ1n) is 6.52. The van der Waals surface area contributed by atoms with E-state index in [4.69, 9.17) is 4.98 Å². The predicted octanol–water partition coefficient (Wildman–Crippen LogP) is 3.45. The summed E-state index contributed by atoms with van der Waals surface area (Å²) in [6.45, 7) is 2.94. The summed E-state index contributed by atoms with van der Waals surface area (Å²) < 4.78 is 1.15. The number of nitrogens with zero attached hydrogens (tertiary/aromatic N) is 3. The molecule has 4 nitrogen and oxygen atoms in total. The minimum atomic E-state index is 0.606. The lowest BCUT2D eigenvalue weighted by atomic mass is 10.2. The topological polar surface area (TPSA) is 50.7 Å². The van der Waals surface area contributed by atoms with Crippen LogP contribution in [0.3, 0.4) is 0 Å². The van der Waals surface area contributed by atoms with Crippen LogP contribution >= 0.6 is 22.6 Å². The Morgan fingerprint density at radius 1 is 1.32 bits per heavy atom. The third-order valence-corrected chi connectivity index (χ3v) is 4.14. The molecule has 1 N–H and O–H groups in total. The van der Waals surface area contributed by atoms with Crippen molar-refractivity contribution in [1.82, 2.24) is 15.0 Å². The second-order valence-corrected chi connectivity index (χ2v) is 5.69. The molecule has 1 aliphatic carbocycles. The molecule has 1 fully saturated rings. The van der Waals surface area contributed by atoms with E-state index < -0.39 is 0 Å². The van der Waals surface area contributed by atoms with Crippen LogP contribution in [0.2, 0.25) is 0 Å². The van der Waals surface area contributed by atoms with Crippen molar-refractivity contribution in [2.45, 2.75) is 25.7 Å². The lowest BCUT2D eigenvalue weighted by Crippen LogP contribution is -2.08. The number of aromatic nitrogens is 3. The van der Waals surface area contributed by atoms with E-state index in [0.717, 1.165) is 27.5 Å². The summed E-state index contributed by atoms with van der Waals surface area (Å²) in [6, 6.07) is 5.82. The first-order valence-corrected chi connectivity index (χ1v) is 7.60. The summed E-state index contributed by atoms with van der Waals surface area (Å²) in [7, 11) is 0. The third-order valence-electron chi connectivity index (χ3n) is 3.08. The zero-order chi connectivity index (χ0) is 13.2. The number of nitrogens with one attached hydrogen (secondary N) is 1. The molecule has 3 rings (SSSR count). The van der Waals surface area contributed by atoms with Gasteiger partial charge in [-0.05, 0) is 54.5 Å². The van der Waals surface area contributed by atoms with Crippen molar-refractivity contribution in [2.75, 3.05) is 11.9 Å². The fourth-order valence-electron chi connectivity index (χ4n) is 1.99. The third kappa shape index (κ3) is 2.70. The number of rotatable bonds is 4. The van der Waals surface area contributed by atoms with Crippen LogP contribution < -0.4 is 5.32 Å². The lowest BCUT2D eigenvalue weighted by Gasteiger charge is -2.11. The van der Waals surface area contributed by atoms with Crippen LogP contribution in [0.15, 0.2) is 24.4 Å². The molecule has 0 aromatic carbocycles. The Bertz CT molecular complexity index is 581. The van der Waals surface area contributed by atoms with Crippen LogP contribution in [0.1, 0.15) is 31.4 Å². The van der Waals surface area contributed by atoms with E-state index in [1.165, 1.54) is 18.5 Å². The van der Waals surface area contributed by atoms with E-state index in [1.54, 1.807) is 6.20 Å². The molecule has 5 heteroatoms. The Labute approximate surface area is 126 Å². The zero-order valence-electron chi connectivity index (χ0n) is 10.7. The molecule has 1 aliphatic rings. The minimum Gasteiger partial charge on any atom is -0.369 e. The van der Waals surface area contributed by atoms with Crippen LogP contribution in [0, 0.1) is 3.57 Å². The number of hydrogen-bond donors (Lipinski definition) is 1. The molecule has 19 heavy (non-hydrogen) atoms. The molecule has 0 aliphatic heterocycles. The van der Waals surface area contributed by atoms with Gasteiger partial charge in [-0.25, -0.2) is 9.97 Å². The molecule has 2 heterocycles. The normalized spacial score (nSPS) is 14.4. The summed E-state index contributed by atoms with van der Waals surface area (Å²) in [5, 5.41) is 3.32. The van der Waals surface area contributed by atoms with Gasteiger partial charge >= 0.3 is 0 Å². The van der Waals surface area contributed by atoms with E-state index in [0.29, 0.717) is 5.92 Å². The monoisotopic (exact) mass is 366 g/mol. The van der Waals surface area contributed by atoms with Gasteiger partial charge in [0.25, 0.3) is 0 Å². The van der Waals surface area contributed by atoms with Crippen molar-refractivity contribution >= 4 is 28.4 Å². The van der Waals surface area contributed by atoms with Gasteiger partial charge in [0.15, 0.2) is 5.82 Å². The first-order chi connectivity index (χ1) is 9.29. The Hall–Kier alpha value is -1.24. The molecule has 2 aromatic rings. The predicted molar refractivity (Wildman–Crippen MR) is 84.1 cm³/mol. The van der Waals surface area contributed by atoms with Gasteiger partial charge in [0.05, 0.1) is 9.26 Å². The largest absolute Gasteiger partial charge is 0.369 e. The van der Waals surface area contributed by atoms with Crippen molar-refractivity contribution in [1.29, 1.82) is 0 Å². The highest BCUT2D eigenvalue weighted by Gasteiger charge is 2.29. The molecule has 1 saturated carbocycles.